The van der Waals surface area contributed by atoms with Crippen molar-refractivity contribution in [1.82, 2.24) is 9.97 Å². The summed E-state index contributed by atoms with van der Waals surface area (Å²) in [6, 6.07) is 13.0. The molecule has 0 radical (unpaired) electrons. The van der Waals surface area contributed by atoms with E-state index >= 15 is 0 Å². The van der Waals surface area contributed by atoms with Crippen molar-refractivity contribution in [3.8, 4) is 28.3 Å². The number of aryl methyl sites for hydroxylation is 1. The molecule has 0 fully saturated rings. The van der Waals surface area contributed by atoms with Gasteiger partial charge in [0.1, 0.15) is 5.75 Å². The van der Waals surface area contributed by atoms with Crippen LogP contribution in [-0.4, -0.2) is 27.1 Å². The molecule has 0 amide bonds. The number of benzene rings is 2. The molecule has 0 bridgehead atoms. The SMILES string of the molecule is CCCCCC[C@@H](C)Oc1ccc(C(=O)O)c(-c2ccc(-c3ncc(CCCCCC[C@@H](C)CC)cn3)cc2)c1. The van der Waals surface area contributed by atoms with Crippen molar-refractivity contribution < 1.29 is 14.6 Å². The van der Waals surface area contributed by atoms with Gasteiger partial charge in [0.15, 0.2) is 5.82 Å². The Morgan fingerprint density at radius 1 is 0.825 bits per heavy atom. The fourth-order valence-corrected chi connectivity index (χ4v) is 4.98. The molecule has 5 heteroatoms. The number of rotatable bonds is 18. The summed E-state index contributed by atoms with van der Waals surface area (Å²) in [5.74, 6) is 1.26. The first-order chi connectivity index (χ1) is 19.4. The number of aromatic nitrogens is 2. The van der Waals surface area contributed by atoms with Gasteiger partial charge in [0.25, 0.3) is 0 Å². The van der Waals surface area contributed by atoms with Gasteiger partial charge in [0.05, 0.1) is 11.7 Å². The van der Waals surface area contributed by atoms with Crippen LogP contribution in [0.15, 0.2) is 54.9 Å². The third-order valence-corrected chi connectivity index (χ3v) is 7.79. The fraction of sp³-hybridized carbons (Fsp3) is 0.514. The summed E-state index contributed by atoms with van der Waals surface area (Å²) < 4.78 is 6.14. The number of hydrogen-bond acceptors (Lipinski definition) is 4. The number of carboxylic acid groups (broad SMARTS) is 1. The van der Waals surface area contributed by atoms with E-state index in [9.17, 15) is 9.90 Å². The molecule has 3 rings (SSSR count). The third-order valence-electron chi connectivity index (χ3n) is 7.79. The van der Waals surface area contributed by atoms with Gasteiger partial charge in [-0.3, -0.25) is 0 Å². The second-order valence-corrected chi connectivity index (χ2v) is 11.2. The Morgan fingerprint density at radius 3 is 2.15 bits per heavy atom. The Balaban J connectivity index is 1.60. The Kier molecular flexibility index (Phi) is 13.1. The van der Waals surface area contributed by atoms with Gasteiger partial charge in [-0.1, -0.05) is 96.4 Å². The normalized spacial score (nSPS) is 12.7. The number of unbranched alkanes of at least 4 members (excludes halogenated alkanes) is 6. The van der Waals surface area contributed by atoms with Crippen LogP contribution in [-0.2, 0) is 6.42 Å². The number of ether oxygens (including phenoxy) is 1. The van der Waals surface area contributed by atoms with Crippen LogP contribution in [0.5, 0.6) is 5.75 Å². The summed E-state index contributed by atoms with van der Waals surface area (Å²) in [7, 11) is 0. The summed E-state index contributed by atoms with van der Waals surface area (Å²) in [4.78, 5) is 21.2. The maximum Gasteiger partial charge on any atom is 0.336 e. The molecule has 1 aromatic heterocycles. The summed E-state index contributed by atoms with van der Waals surface area (Å²) in [5.41, 5.74) is 3.81. The monoisotopic (exact) mass is 544 g/mol. The van der Waals surface area contributed by atoms with E-state index in [1.807, 2.05) is 42.7 Å². The quantitative estimate of drug-likeness (QED) is 0.161. The lowest BCUT2D eigenvalue weighted by Crippen LogP contribution is -2.12. The van der Waals surface area contributed by atoms with Crippen LogP contribution in [0.3, 0.4) is 0 Å². The molecule has 0 aliphatic heterocycles. The number of carboxylic acids is 1. The zero-order valence-corrected chi connectivity index (χ0v) is 25.0. The minimum atomic E-state index is -0.951. The Labute approximate surface area is 241 Å². The second-order valence-electron chi connectivity index (χ2n) is 11.2. The number of aromatic carboxylic acids is 1. The van der Waals surface area contributed by atoms with Crippen molar-refractivity contribution in [2.45, 2.75) is 111 Å². The first-order valence-corrected chi connectivity index (χ1v) is 15.4. The van der Waals surface area contributed by atoms with E-state index in [1.54, 1.807) is 12.1 Å². The van der Waals surface area contributed by atoms with Gasteiger partial charge in [-0.15, -0.1) is 0 Å². The van der Waals surface area contributed by atoms with Gasteiger partial charge in [-0.25, -0.2) is 14.8 Å². The van der Waals surface area contributed by atoms with Crippen molar-refractivity contribution in [3.63, 3.8) is 0 Å². The lowest BCUT2D eigenvalue weighted by Gasteiger charge is -2.16. The summed E-state index contributed by atoms with van der Waals surface area (Å²) in [5, 5.41) is 9.80. The highest BCUT2D eigenvalue weighted by molar-refractivity contribution is 5.96. The van der Waals surface area contributed by atoms with E-state index in [2.05, 4.69) is 37.7 Å². The molecule has 0 spiro atoms. The van der Waals surface area contributed by atoms with E-state index in [1.165, 1.54) is 63.4 Å². The van der Waals surface area contributed by atoms with Crippen LogP contribution in [0.2, 0.25) is 0 Å². The van der Waals surface area contributed by atoms with Gasteiger partial charge >= 0.3 is 5.97 Å². The average Bonchev–Trinajstić information content (AvgIpc) is 2.97. The van der Waals surface area contributed by atoms with Gasteiger partial charge in [0, 0.05) is 18.0 Å². The average molecular weight is 545 g/mol. The fourth-order valence-electron chi connectivity index (χ4n) is 4.98. The van der Waals surface area contributed by atoms with Crippen LogP contribution in [0, 0.1) is 5.92 Å². The minimum absolute atomic E-state index is 0.0810. The maximum atomic E-state index is 12.0. The highest BCUT2D eigenvalue weighted by Crippen LogP contribution is 2.30. The van der Waals surface area contributed by atoms with Crippen LogP contribution >= 0.6 is 0 Å². The van der Waals surface area contributed by atoms with Crippen molar-refractivity contribution in [2.75, 3.05) is 0 Å². The molecule has 40 heavy (non-hydrogen) atoms. The molecule has 2 atom stereocenters. The molecule has 216 valence electrons. The first kappa shape index (κ1) is 31.3. The molecule has 0 aliphatic carbocycles. The zero-order chi connectivity index (χ0) is 28.7. The predicted octanol–water partition coefficient (Wildman–Crippen LogP) is 9.79. The van der Waals surface area contributed by atoms with E-state index < -0.39 is 5.97 Å². The molecule has 0 saturated carbocycles. The van der Waals surface area contributed by atoms with Crippen molar-refractivity contribution in [2.24, 2.45) is 5.92 Å². The van der Waals surface area contributed by atoms with Crippen LogP contribution in [0.1, 0.15) is 114 Å². The number of hydrogen-bond donors (Lipinski definition) is 1. The smallest absolute Gasteiger partial charge is 0.336 e. The zero-order valence-electron chi connectivity index (χ0n) is 25.0. The first-order valence-electron chi connectivity index (χ1n) is 15.4. The lowest BCUT2D eigenvalue weighted by molar-refractivity contribution is 0.0697. The van der Waals surface area contributed by atoms with Crippen LogP contribution in [0.25, 0.3) is 22.5 Å². The minimum Gasteiger partial charge on any atom is -0.491 e. The molecular weight excluding hydrogens is 496 g/mol. The highest BCUT2D eigenvalue weighted by atomic mass is 16.5. The van der Waals surface area contributed by atoms with Crippen LogP contribution < -0.4 is 4.74 Å². The molecule has 3 aromatic rings. The summed E-state index contributed by atoms with van der Waals surface area (Å²) in [6.07, 6.45) is 18.4. The molecule has 0 aliphatic rings. The van der Waals surface area contributed by atoms with Crippen molar-refractivity contribution in [3.05, 3.63) is 66.0 Å². The van der Waals surface area contributed by atoms with Gasteiger partial charge in [0.2, 0.25) is 0 Å². The molecule has 2 aromatic carbocycles. The molecule has 1 heterocycles. The molecule has 0 saturated heterocycles. The largest absolute Gasteiger partial charge is 0.491 e. The van der Waals surface area contributed by atoms with E-state index in [0.717, 1.165) is 36.3 Å². The number of nitrogens with zero attached hydrogens (tertiary/aromatic N) is 2. The van der Waals surface area contributed by atoms with E-state index in [-0.39, 0.29) is 11.7 Å². The van der Waals surface area contributed by atoms with E-state index in [4.69, 9.17) is 4.74 Å². The third kappa shape index (κ3) is 10.1. The molecule has 5 nitrogen and oxygen atoms in total. The van der Waals surface area contributed by atoms with E-state index in [0.29, 0.717) is 17.1 Å². The van der Waals surface area contributed by atoms with Gasteiger partial charge in [-0.2, -0.15) is 0 Å². The Bertz CT molecular complexity index is 1160. The summed E-state index contributed by atoms with van der Waals surface area (Å²) >= 11 is 0. The molecule has 1 N–H and O–H groups in total. The molecular formula is C35H48N2O3. The topological polar surface area (TPSA) is 72.3 Å². The maximum absolute atomic E-state index is 12.0. The van der Waals surface area contributed by atoms with Crippen molar-refractivity contribution in [1.29, 1.82) is 0 Å². The van der Waals surface area contributed by atoms with Gasteiger partial charge in [-0.05, 0) is 73.4 Å². The number of carbonyl (C=O) groups is 1. The van der Waals surface area contributed by atoms with Crippen molar-refractivity contribution >= 4 is 5.97 Å². The summed E-state index contributed by atoms with van der Waals surface area (Å²) in [6.45, 7) is 8.89. The Hall–Kier alpha value is -3.21. The van der Waals surface area contributed by atoms with Gasteiger partial charge < -0.3 is 9.84 Å². The second kappa shape index (κ2) is 16.8. The Morgan fingerprint density at radius 2 is 1.48 bits per heavy atom. The molecule has 0 unspecified atom stereocenters. The van der Waals surface area contributed by atoms with Crippen LogP contribution in [0.4, 0.5) is 0 Å². The highest BCUT2D eigenvalue weighted by Gasteiger charge is 2.15. The standard InChI is InChI=1S/C35H48N2O3/c1-5-7-8-12-15-27(4)40-31-21-22-32(35(38)39)33(23-31)29-17-19-30(20-18-29)34-36-24-28(25-37-34)16-13-10-9-11-14-26(3)6-2/h17-27H,5-16H2,1-4H3,(H,38,39)/t26-,27+/m0/s1. The predicted molar refractivity (Wildman–Crippen MR) is 165 cm³/mol. The lowest BCUT2D eigenvalue weighted by atomic mass is 9.98.